The number of halogens is 1. The topological polar surface area (TPSA) is 46.5 Å². The van der Waals surface area contributed by atoms with Crippen LogP contribution in [0.15, 0.2) is 30.3 Å². The molecule has 1 aromatic rings. The van der Waals surface area contributed by atoms with E-state index in [4.69, 9.17) is 21.4 Å². The minimum absolute atomic E-state index is 0.0576. The molecule has 1 rings (SSSR count). The number of esters is 1. The van der Waals surface area contributed by atoms with Gasteiger partial charge in [0.1, 0.15) is 12.7 Å². The number of hydrogen-bond acceptors (Lipinski definition) is 3. The molecule has 1 N–H and O–H groups in total. The second-order valence-electron chi connectivity index (χ2n) is 2.77. The maximum absolute atomic E-state index is 11.3. The molecule has 0 amide bonds. The highest BCUT2D eigenvalue weighted by Gasteiger charge is 2.09. The summed E-state index contributed by atoms with van der Waals surface area (Å²) in [6, 6.07) is 8.60. The molecule has 76 valence electrons. The molecule has 1 atom stereocenters. The molecule has 1 aromatic carbocycles. The van der Waals surface area contributed by atoms with Crippen molar-refractivity contribution >= 4 is 17.6 Å². The normalized spacial score (nSPS) is 12.1. The molecule has 14 heavy (non-hydrogen) atoms. The summed E-state index contributed by atoms with van der Waals surface area (Å²) in [5, 5.41) is 9.04. The zero-order valence-corrected chi connectivity index (χ0v) is 8.28. The molecule has 0 aromatic heterocycles. The molecular formula is C10H11ClO3. The van der Waals surface area contributed by atoms with Crippen LogP contribution in [0.5, 0.6) is 0 Å². The van der Waals surface area contributed by atoms with Crippen molar-refractivity contribution in [2.24, 2.45) is 0 Å². The molecular weight excluding hydrogens is 204 g/mol. The van der Waals surface area contributed by atoms with Crippen molar-refractivity contribution in [1.29, 1.82) is 0 Å². The Balaban J connectivity index is 2.44. The van der Waals surface area contributed by atoms with E-state index in [0.717, 1.165) is 0 Å². The van der Waals surface area contributed by atoms with Crippen molar-refractivity contribution in [3.63, 3.8) is 0 Å². The summed E-state index contributed by atoms with van der Waals surface area (Å²) >= 11 is 5.34. The Morgan fingerprint density at radius 2 is 2.07 bits per heavy atom. The molecule has 0 aliphatic heterocycles. The van der Waals surface area contributed by atoms with Crippen LogP contribution in [0, 0.1) is 0 Å². The van der Waals surface area contributed by atoms with Crippen LogP contribution in [-0.2, 0) is 4.74 Å². The van der Waals surface area contributed by atoms with Crippen molar-refractivity contribution in [2.45, 2.75) is 6.10 Å². The van der Waals surface area contributed by atoms with E-state index in [9.17, 15) is 4.79 Å². The monoisotopic (exact) mass is 214 g/mol. The number of ether oxygens (including phenoxy) is 1. The van der Waals surface area contributed by atoms with Gasteiger partial charge in [-0.25, -0.2) is 4.79 Å². The van der Waals surface area contributed by atoms with E-state index in [0.29, 0.717) is 5.56 Å². The predicted octanol–water partition coefficient (Wildman–Crippen LogP) is 1.44. The summed E-state index contributed by atoms with van der Waals surface area (Å²) in [6.07, 6.45) is -0.802. The second kappa shape index (κ2) is 5.62. The second-order valence-corrected chi connectivity index (χ2v) is 3.08. The van der Waals surface area contributed by atoms with Gasteiger partial charge in [0.2, 0.25) is 0 Å². The van der Waals surface area contributed by atoms with Gasteiger partial charge >= 0.3 is 5.97 Å². The summed E-state index contributed by atoms with van der Waals surface area (Å²) in [6.45, 7) is -0.0722. The molecule has 0 heterocycles. The molecule has 0 saturated carbocycles. The van der Waals surface area contributed by atoms with E-state index >= 15 is 0 Å². The van der Waals surface area contributed by atoms with Crippen LogP contribution < -0.4 is 0 Å². The van der Waals surface area contributed by atoms with E-state index < -0.39 is 12.1 Å². The highest BCUT2D eigenvalue weighted by molar-refractivity contribution is 6.18. The third kappa shape index (κ3) is 3.36. The predicted molar refractivity (Wildman–Crippen MR) is 53.5 cm³/mol. The van der Waals surface area contributed by atoms with Crippen molar-refractivity contribution < 1.29 is 14.6 Å². The van der Waals surface area contributed by atoms with Crippen LogP contribution in [0.3, 0.4) is 0 Å². The number of alkyl halides is 1. The highest BCUT2D eigenvalue weighted by Crippen LogP contribution is 2.01. The quantitative estimate of drug-likeness (QED) is 0.610. The number of carbonyl (C=O) groups is 1. The Labute approximate surface area is 87.3 Å². The minimum Gasteiger partial charge on any atom is -0.459 e. The largest absolute Gasteiger partial charge is 0.459 e. The van der Waals surface area contributed by atoms with E-state index in [1.807, 2.05) is 6.07 Å². The lowest BCUT2D eigenvalue weighted by Gasteiger charge is -2.07. The number of rotatable bonds is 4. The number of aliphatic hydroxyl groups excluding tert-OH is 1. The van der Waals surface area contributed by atoms with Crippen molar-refractivity contribution in [3.8, 4) is 0 Å². The Kier molecular flexibility index (Phi) is 4.43. The van der Waals surface area contributed by atoms with Gasteiger partial charge in [0.05, 0.1) is 11.4 Å². The van der Waals surface area contributed by atoms with E-state index in [1.165, 1.54) is 0 Å². The lowest BCUT2D eigenvalue weighted by molar-refractivity contribution is 0.0303. The molecule has 3 nitrogen and oxygen atoms in total. The van der Waals surface area contributed by atoms with Gasteiger partial charge in [-0.05, 0) is 12.1 Å². The average molecular weight is 215 g/mol. The summed E-state index contributed by atoms with van der Waals surface area (Å²) in [7, 11) is 0. The van der Waals surface area contributed by atoms with E-state index in [1.54, 1.807) is 24.3 Å². The van der Waals surface area contributed by atoms with Crippen LogP contribution >= 0.6 is 11.6 Å². The van der Waals surface area contributed by atoms with Gasteiger partial charge < -0.3 is 9.84 Å². The minimum atomic E-state index is -0.802. The maximum atomic E-state index is 11.3. The summed E-state index contributed by atoms with van der Waals surface area (Å²) in [4.78, 5) is 11.3. The first-order valence-corrected chi connectivity index (χ1v) is 4.73. The molecule has 0 unspecified atom stereocenters. The Bertz CT molecular complexity index is 287. The number of hydrogen-bond donors (Lipinski definition) is 1. The third-order valence-electron chi connectivity index (χ3n) is 1.59. The number of aliphatic hydroxyl groups is 1. The first-order valence-electron chi connectivity index (χ1n) is 4.20. The maximum Gasteiger partial charge on any atom is 0.338 e. The van der Waals surface area contributed by atoms with E-state index in [-0.39, 0.29) is 12.5 Å². The molecule has 0 spiro atoms. The summed E-state index contributed by atoms with van der Waals surface area (Å²) < 4.78 is 4.81. The SMILES string of the molecule is O=C(OC[C@H](O)CCl)c1ccccc1. The lowest BCUT2D eigenvalue weighted by Crippen LogP contribution is -2.19. The van der Waals surface area contributed by atoms with Crippen LogP contribution in [0.1, 0.15) is 10.4 Å². The van der Waals surface area contributed by atoms with Crippen molar-refractivity contribution in [1.82, 2.24) is 0 Å². The lowest BCUT2D eigenvalue weighted by atomic mass is 10.2. The van der Waals surface area contributed by atoms with Crippen molar-refractivity contribution in [3.05, 3.63) is 35.9 Å². The first kappa shape index (κ1) is 11.0. The van der Waals surface area contributed by atoms with Crippen LogP contribution in [0.2, 0.25) is 0 Å². The molecule has 4 heteroatoms. The summed E-state index contributed by atoms with van der Waals surface area (Å²) in [5.74, 6) is -0.392. The molecule has 0 aliphatic carbocycles. The standard InChI is InChI=1S/C10H11ClO3/c11-6-9(12)7-14-10(13)8-4-2-1-3-5-8/h1-5,9,12H,6-7H2/t9-/m1/s1. The zero-order valence-electron chi connectivity index (χ0n) is 7.52. The fraction of sp³-hybridized carbons (Fsp3) is 0.300. The van der Waals surface area contributed by atoms with Crippen LogP contribution in [0.4, 0.5) is 0 Å². The van der Waals surface area contributed by atoms with Crippen molar-refractivity contribution in [2.75, 3.05) is 12.5 Å². The highest BCUT2D eigenvalue weighted by atomic mass is 35.5. The molecule has 0 aliphatic rings. The van der Waals surface area contributed by atoms with Gasteiger partial charge in [-0.2, -0.15) is 0 Å². The van der Waals surface area contributed by atoms with Crippen LogP contribution in [0.25, 0.3) is 0 Å². The van der Waals surface area contributed by atoms with Gasteiger partial charge in [0.15, 0.2) is 0 Å². The fourth-order valence-electron chi connectivity index (χ4n) is 0.874. The van der Waals surface area contributed by atoms with E-state index in [2.05, 4.69) is 0 Å². The van der Waals surface area contributed by atoms with Gasteiger partial charge in [-0.3, -0.25) is 0 Å². The average Bonchev–Trinajstić information content (AvgIpc) is 2.26. The molecule has 0 radical (unpaired) electrons. The smallest absolute Gasteiger partial charge is 0.338 e. The molecule has 0 fully saturated rings. The Hall–Kier alpha value is -1.06. The number of benzene rings is 1. The summed E-state index contributed by atoms with van der Waals surface area (Å²) in [5.41, 5.74) is 0.467. The van der Waals surface area contributed by atoms with Gasteiger partial charge in [0.25, 0.3) is 0 Å². The molecule has 0 saturated heterocycles. The van der Waals surface area contributed by atoms with Gasteiger partial charge in [0, 0.05) is 0 Å². The van der Waals surface area contributed by atoms with Crippen LogP contribution in [-0.4, -0.2) is 29.7 Å². The number of carbonyl (C=O) groups excluding carboxylic acids is 1. The Morgan fingerprint density at radius 3 is 2.64 bits per heavy atom. The first-order chi connectivity index (χ1) is 6.74. The van der Waals surface area contributed by atoms with Gasteiger partial charge in [-0.15, -0.1) is 11.6 Å². The van der Waals surface area contributed by atoms with Gasteiger partial charge in [-0.1, -0.05) is 18.2 Å². The third-order valence-corrected chi connectivity index (χ3v) is 1.95. The molecule has 0 bridgehead atoms. The Morgan fingerprint density at radius 1 is 1.43 bits per heavy atom. The fourth-order valence-corrected chi connectivity index (χ4v) is 0.963. The zero-order chi connectivity index (χ0) is 10.4.